The third-order valence-electron chi connectivity index (χ3n) is 7.58. The van der Waals surface area contributed by atoms with Gasteiger partial charge in [-0.2, -0.15) is 0 Å². The van der Waals surface area contributed by atoms with Crippen LogP contribution in [-0.4, -0.2) is 43.0 Å². The molecule has 7 atom stereocenters. The lowest BCUT2D eigenvalue weighted by atomic mass is 9.65. The van der Waals surface area contributed by atoms with E-state index < -0.39 is 5.41 Å². The van der Waals surface area contributed by atoms with Crippen molar-refractivity contribution in [2.75, 3.05) is 0 Å². The summed E-state index contributed by atoms with van der Waals surface area (Å²) in [4.78, 5) is 24.9. The Morgan fingerprint density at radius 3 is 2.72 bits per heavy atom. The van der Waals surface area contributed by atoms with Crippen LogP contribution in [0.25, 0.3) is 0 Å². The smallest absolute Gasteiger partial charge is 0.462 e. The lowest BCUT2D eigenvalue weighted by molar-refractivity contribution is -0.165. The largest absolute Gasteiger partial charge is 0.485 e. The van der Waals surface area contributed by atoms with Crippen LogP contribution in [0.15, 0.2) is 23.8 Å². The number of hydrogen-bond acceptors (Lipinski definition) is 6. The summed E-state index contributed by atoms with van der Waals surface area (Å²) >= 11 is 0. The molecule has 0 aromatic heterocycles. The molecule has 7 heteroatoms. The van der Waals surface area contributed by atoms with Crippen molar-refractivity contribution >= 4 is 19.6 Å². The number of cyclic esters (lactones) is 1. The van der Waals surface area contributed by atoms with Crippen LogP contribution in [0.5, 0.6) is 0 Å². The number of hydrogen-bond donors (Lipinski definition) is 1. The summed E-state index contributed by atoms with van der Waals surface area (Å²) in [5, 5.41) is 8.93. The maximum absolute atomic E-state index is 12.9. The summed E-state index contributed by atoms with van der Waals surface area (Å²) in [6.07, 6.45) is 9.95. The molecule has 3 aliphatic rings. The van der Waals surface area contributed by atoms with Gasteiger partial charge >= 0.3 is 19.6 Å². The Morgan fingerprint density at radius 2 is 2.03 bits per heavy atom. The van der Waals surface area contributed by atoms with Crippen molar-refractivity contribution < 1.29 is 28.7 Å². The normalized spacial score (nSPS) is 34.9. The molecule has 1 radical (unpaired) electrons. The average molecular weight is 445 g/mol. The monoisotopic (exact) mass is 445 g/mol. The summed E-state index contributed by atoms with van der Waals surface area (Å²) in [6, 6.07) is 0. The topological polar surface area (TPSA) is 82.1 Å². The fraction of sp³-hybridized carbons (Fsp3) is 0.760. The van der Waals surface area contributed by atoms with Gasteiger partial charge in [-0.15, -0.1) is 0 Å². The van der Waals surface area contributed by atoms with Crippen molar-refractivity contribution in [2.24, 2.45) is 29.1 Å². The van der Waals surface area contributed by atoms with E-state index >= 15 is 0 Å². The lowest BCUT2D eigenvalue weighted by Gasteiger charge is -2.44. The van der Waals surface area contributed by atoms with E-state index in [0.717, 1.165) is 25.7 Å². The number of rotatable bonds is 8. The van der Waals surface area contributed by atoms with Gasteiger partial charge in [0.15, 0.2) is 0 Å². The van der Waals surface area contributed by atoms with Crippen molar-refractivity contribution in [1.82, 2.24) is 0 Å². The molecule has 1 aliphatic heterocycles. The van der Waals surface area contributed by atoms with Crippen molar-refractivity contribution in [3.8, 4) is 0 Å². The second-order valence-electron chi connectivity index (χ2n) is 10.5. The Bertz CT molecular complexity index is 745. The molecule has 3 rings (SSSR count). The van der Waals surface area contributed by atoms with Crippen LogP contribution < -0.4 is 0 Å². The van der Waals surface area contributed by atoms with Gasteiger partial charge in [-0.1, -0.05) is 39.0 Å². The standard InChI is InChI=1S/C25H38BO6/c1-6-25(4,5)24(28)31-21-12-15(2)11-17-8-7-16(3)20(23(17)21)10-9-18-13-19(32-26-29)14-22(27)30-18/h7-8,11,15-16,18-21,23,29H,6,9-10,12-14H2,1-5H3/t15-,16-,18+,19+,20-,21-,23-/m0/s1. The number of carbonyl (C=O) groups is 2. The Balaban J connectivity index is 1.74. The maximum atomic E-state index is 12.9. The zero-order valence-electron chi connectivity index (χ0n) is 20.1. The van der Waals surface area contributed by atoms with E-state index in [9.17, 15) is 9.59 Å². The summed E-state index contributed by atoms with van der Waals surface area (Å²) in [5.74, 6) is 0.731. The van der Waals surface area contributed by atoms with E-state index in [2.05, 4.69) is 32.1 Å². The third kappa shape index (κ3) is 5.85. The second-order valence-corrected chi connectivity index (χ2v) is 10.5. The first-order chi connectivity index (χ1) is 15.1. The molecule has 0 unspecified atom stereocenters. The highest BCUT2D eigenvalue weighted by Crippen LogP contribution is 2.45. The maximum Gasteiger partial charge on any atom is 0.485 e. The summed E-state index contributed by atoms with van der Waals surface area (Å²) in [7, 11) is 0.658. The fourth-order valence-electron chi connectivity index (χ4n) is 5.25. The molecule has 1 N–H and O–H groups in total. The van der Waals surface area contributed by atoms with E-state index in [1.165, 1.54) is 5.57 Å². The van der Waals surface area contributed by atoms with Gasteiger partial charge < -0.3 is 19.2 Å². The highest BCUT2D eigenvalue weighted by atomic mass is 16.6. The van der Waals surface area contributed by atoms with Gasteiger partial charge in [-0.05, 0) is 62.9 Å². The molecular weight excluding hydrogens is 407 g/mol. The molecular formula is C25H38BO6. The highest BCUT2D eigenvalue weighted by molar-refractivity contribution is 6.16. The molecule has 0 bridgehead atoms. The van der Waals surface area contributed by atoms with Gasteiger partial charge in [-0.25, -0.2) is 0 Å². The zero-order chi connectivity index (χ0) is 23.5. The van der Waals surface area contributed by atoms with Gasteiger partial charge in [0.2, 0.25) is 0 Å². The fourth-order valence-corrected chi connectivity index (χ4v) is 5.25. The minimum atomic E-state index is -0.495. The first-order valence-electron chi connectivity index (χ1n) is 12.1. The predicted octanol–water partition coefficient (Wildman–Crippen LogP) is 4.14. The van der Waals surface area contributed by atoms with Crippen molar-refractivity contribution in [2.45, 2.75) is 91.5 Å². The van der Waals surface area contributed by atoms with Crippen LogP contribution in [0.4, 0.5) is 0 Å². The Labute approximate surface area is 193 Å². The van der Waals surface area contributed by atoms with Gasteiger partial charge in [0.1, 0.15) is 12.2 Å². The SMILES string of the molecule is CCC(C)(C)C(=O)O[C@H]1C[C@@H](C)C=C2C=C[C@H](C)[C@H](CC[C@@H]3C[C@@H](O[B]O)CC(=O)O3)[C@H]21. The first kappa shape index (κ1) is 25.0. The molecule has 2 aliphatic carbocycles. The van der Waals surface area contributed by atoms with E-state index in [1.807, 2.05) is 20.8 Å². The lowest BCUT2D eigenvalue weighted by Crippen LogP contribution is -2.43. The van der Waals surface area contributed by atoms with Crippen LogP contribution in [-0.2, 0) is 23.7 Å². The number of allylic oxidation sites excluding steroid dienone is 3. The second kappa shape index (κ2) is 10.6. The molecule has 0 spiro atoms. The molecule has 1 saturated heterocycles. The van der Waals surface area contributed by atoms with E-state index in [1.54, 1.807) is 0 Å². The summed E-state index contributed by atoms with van der Waals surface area (Å²) < 4.78 is 16.9. The van der Waals surface area contributed by atoms with E-state index in [4.69, 9.17) is 19.2 Å². The van der Waals surface area contributed by atoms with Gasteiger partial charge in [0, 0.05) is 12.3 Å². The van der Waals surface area contributed by atoms with Crippen molar-refractivity contribution in [3.63, 3.8) is 0 Å². The molecule has 32 heavy (non-hydrogen) atoms. The first-order valence-corrected chi connectivity index (χ1v) is 12.1. The predicted molar refractivity (Wildman–Crippen MR) is 122 cm³/mol. The third-order valence-corrected chi connectivity index (χ3v) is 7.58. The molecule has 0 saturated carbocycles. The number of ether oxygens (including phenoxy) is 2. The van der Waals surface area contributed by atoms with Gasteiger partial charge in [-0.3, -0.25) is 9.59 Å². The molecule has 0 aromatic carbocycles. The van der Waals surface area contributed by atoms with Crippen LogP contribution in [0.1, 0.15) is 73.1 Å². The van der Waals surface area contributed by atoms with Gasteiger partial charge in [0.25, 0.3) is 0 Å². The quantitative estimate of drug-likeness (QED) is 0.447. The number of fused-ring (bicyclic) bond motifs is 1. The Hall–Kier alpha value is -1.60. The minimum absolute atomic E-state index is 0.124. The average Bonchev–Trinajstić information content (AvgIpc) is 2.73. The number of esters is 2. The highest BCUT2D eigenvalue weighted by Gasteiger charge is 2.43. The molecule has 1 fully saturated rings. The van der Waals surface area contributed by atoms with E-state index in [-0.39, 0.29) is 42.6 Å². The Kier molecular flexibility index (Phi) is 8.26. The van der Waals surface area contributed by atoms with Crippen LogP contribution in [0.2, 0.25) is 0 Å². The summed E-state index contributed by atoms with van der Waals surface area (Å²) in [5.41, 5.74) is 0.765. The van der Waals surface area contributed by atoms with Gasteiger partial charge in [0.05, 0.1) is 17.9 Å². The molecule has 177 valence electrons. The molecule has 0 aromatic rings. The van der Waals surface area contributed by atoms with Crippen LogP contribution in [0.3, 0.4) is 0 Å². The minimum Gasteiger partial charge on any atom is -0.462 e. The van der Waals surface area contributed by atoms with E-state index in [0.29, 0.717) is 31.9 Å². The summed E-state index contributed by atoms with van der Waals surface area (Å²) in [6.45, 7) is 10.3. The molecule has 0 amide bonds. The Morgan fingerprint density at radius 1 is 1.28 bits per heavy atom. The van der Waals surface area contributed by atoms with Crippen molar-refractivity contribution in [3.05, 3.63) is 23.8 Å². The molecule has 6 nitrogen and oxygen atoms in total. The zero-order valence-corrected chi connectivity index (χ0v) is 20.1. The van der Waals surface area contributed by atoms with Crippen LogP contribution in [0, 0.1) is 29.1 Å². The van der Waals surface area contributed by atoms with Crippen LogP contribution >= 0.6 is 0 Å². The van der Waals surface area contributed by atoms with Crippen molar-refractivity contribution in [1.29, 1.82) is 0 Å². The molecule has 1 heterocycles. The number of carbonyl (C=O) groups excluding carboxylic acids is 2.